The lowest BCUT2D eigenvalue weighted by molar-refractivity contribution is -0.117. The maximum Gasteiger partial charge on any atom is 0.129 e. The van der Waals surface area contributed by atoms with E-state index in [1.54, 1.807) is 6.92 Å². The van der Waals surface area contributed by atoms with Crippen molar-refractivity contribution in [2.75, 3.05) is 18.3 Å². The van der Waals surface area contributed by atoms with Crippen LogP contribution in [0.15, 0.2) is 0 Å². The van der Waals surface area contributed by atoms with Gasteiger partial charge >= 0.3 is 0 Å². The fraction of sp³-hybridized carbons (Fsp3) is 0.909. The number of Topliss-reactive ketones (excluding diaryl/α,β-unsaturated/α-hetero) is 1. The van der Waals surface area contributed by atoms with Crippen LogP contribution in [-0.2, 0) is 4.79 Å². The fourth-order valence-corrected chi connectivity index (χ4v) is 2.80. The molecule has 0 rings (SSSR count). The summed E-state index contributed by atoms with van der Waals surface area (Å²) in [7, 11) is 0. The zero-order chi connectivity index (χ0) is 10.8. The first-order valence-electron chi connectivity index (χ1n) is 5.22. The minimum atomic E-state index is 0.329. The van der Waals surface area contributed by atoms with Crippen LogP contribution in [0, 0.1) is 0 Å². The van der Waals surface area contributed by atoms with Gasteiger partial charge in [0, 0.05) is 11.7 Å². The molecular weight excluding hydrogens is 212 g/mol. The highest BCUT2D eigenvalue weighted by Gasteiger charge is 2.06. The number of carbonyl (C=O) groups excluding carboxylic acids is 1. The molecule has 3 heteroatoms. The first kappa shape index (κ1) is 14.4. The Hall–Kier alpha value is 0.370. The van der Waals surface area contributed by atoms with Crippen molar-refractivity contribution in [1.82, 2.24) is 0 Å². The van der Waals surface area contributed by atoms with E-state index in [0.717, 1.165) is 18.1 Å². The number of unbranched alkanes of at least 4 members (excludes halogenated alkanes) is 1. The molecule has 84 valence electrons. The van der Waals surface area contributed by atoms with Gasteiger partial charge in [-0.15, -0.1) is 0 Å². The Morgan fingerprint density at radius 3 is 2.43 bits per heavy atom. The Balaban J connectivity index is 3.37. The molecule has 0 heterocycles. The molecule has 0 radical (unpaired) electrons. The van der Waals surface area contributed by atoms with Crippen molar-refractivity contribution in [3.8, 4) is 0 Å². The monoisotopic (exact) mass is 234 g/mol. The molecule has 0 N–H and O–H groups in total. The lowest BCUT2D eigenvalue weighted by atomic mass is 10.1. The Morgan fingerprint density at radius 1 is 1.21 bits per heavy atom. The first-order valence-corrected chi connectivity index (χ1v) is 7.90. The molecule has 0 spiro atoms. The van der Waals surface area contributed by atoms with Crippen LogP contribution >= 0.6 is 23.5 Å². The number of carbonyl (C=O) groups is 1. The molecule has 0 amide bonds. The predicted octanol–water partition coefficient (Wildman–Crippen LogP) is 3.62. The lowest BCUT2D eigenvalue weighted by Crippen LogP contribution is -2.03. The van der Waals surface area contributed by atoms with Crippen LogP contribution in [0.1, 0.15) is 39.0 Å². The van der Waals surface area contributed by atoms with Gasteiger partial charge in [-0.25, -0.2) is 0 Å². The summed E-state index contributed by atoms with van der Waals surface area (Å²) in [5.74, 6) is 1.59. The molecule has 0 bridgehead atoms. The van der Waals surface area contributed by atoms with Crippen LogP contribution in [0.25, 0.3) is 0 Å². The van der Waals surface area contributed by atoms with Crippen molar-refractivity contribution < 1.29 is 4.79 Å². The number of hydrogen-bond acceptors (Lipinski definition) is 3. The predicted molar refractivity (Wildman–Crippen MR) is 69.5 cm³/mol. The molecule has 0 aromatic carbocycles. The van der Waals surface area contributed by atoms with Gasteiger partial charge in [-0.1, -0.05) is 6.42 Å². The van der Waals surface area contributed by atoms with Gasteiger partial charge in [-0.3, -0.25) is 0 Å². The van der Waals surface area contributed by atoms with Crippen LogP contribution in [0.4, 0.5) is 0 Å². The third-order valence-corrected chi connectivity index (χ3v) is 4.06. The highest BCUT2D eigenvalue weighted by Crippen LogP contribution is 2.20. The van der Waals surface area contributed by atoms with E-state index in [-0.39, 0.29) is 0 Å². The van der Waals surface area contributed by atoms with Crippen molar-refractivity contribution in [3.05, 3.63) is 0 Å². The molecule has 1 atom stereocenters. The molecule has 0 aromatic heterocycles. The number of rotatable bonds is 9. The molecule has 0 saturated carbocycles. The van der Waals surface area contributed by atoms with Gasteiger partial charge in [-0.2, -0.15) is 23.5 Å². The molecule has 1 nitrogen and oxygen atoms in total. The topological polar surface area (TPSA) is 17.1 Å². The molecule has 0 aliphatic carbocycles. The van der Waals surface area contributed by atoms with Crippen molar-refractivity contribution >= 4 is 29.3 Å². The summed E-state index contributed by atoms with van der Waals surface area (Å²) in [6, 6.07) is 0. The third-order valence-electron chi connectivity index (χ3n) is 2.28. The quantitative estimate of drug-likeness (QED) is 0.567. The van der Waals surface area contributed by atoms with Crippen molar-refractivity contribution in [1.29, 1.82) is 0 Å². The van der Waals surface area contributed by atoms with Gasteiger partial charge in [-0.05, 0) is 44.5 Å². The summed E-state index contributed by atoms with van der Waals surface area (Å²) >= 11 is 3.89. The van der Waals surface area contributed by atoms with Gasteiger partial charge < -0.3 is 4.79 Å². The fourth-order valence-electron chi connectivity index (χ4n) is 1.38. The van der Waals surface area contributed by atoms with Crippen molar-refractivity contribution in [2.24, 2.45) is 0 Å². The summed E-state index contributed by atoms with van der Waals surface area (Å²) in [5, 5.41) is 0.800. The van der Waals surface area contributed by atoms with Crippen LogP contribution in [0.5, 0.6) is 0 Å². The van der Waals surface area contributed by atoms with E-state index in [0.29, 0.717) is 5.78 Å². The zero-order valence-electron chi connectivity index (χ0n) is 9.54. The molecule has 0 fully saturated rings. The smallest absolute Gasteiger partial charge is 0.129 e. The van der Waals surface area contributed by atoms with E-state index in [1.807, 2.05) is 23.5 Å². The Morgan fingerprint density at radius 2 is 1.93 bits per heavy atom. The van der Waals surface area contributed by atoms with Gasteiger partial charge in [0.05, 0.1) is 0 Å². The Kier molecular flexibility index (Phi) is 10.2. The molecular formula is C11H22OS2. The van der Waals surface area contributed by atoms with E-state index in [2.05, 4.69) is 12.5 Å². The minimum Gasteiger partial charge on any atom is -0.300 e. The molecule has 0 aliphatic heterocycles. The lowest BCUT2D eigenvalue weighted by Gasteiger charge is -2.12. The summed E-state index contributed by atoms with van der Waals surface area (Å²) in [6.07, 6.45) is 9.98. The number of ketones is 1. The molecule has 0 aromatic rings. The van der Waals surface area contributed by atoms with E-state index in [4.69, 9.17) is 0 Å². The normalized spacial score (nSPS) is 12.8. The molecule has 0 aliphatic rings. The van der Waals surface area contributed by atoms with Gasteiger partial charge in [0.15, 0.2) is 0 Å². The highest BCUT2D eigenvalue weighted by atomic mass is 32.2. The van der Waals surface area contributed by atoms with Crippen LogP contribution in [0.3, 0.4) is 0 Å². The first-order chi connectivity index (χ1) is 6.70. The Bertz CT molecular complexity index is 148. The standard InChI is InChI=1S/C11H22OS2/c1-10(12)6-4-5-7-11(14-3)8-9-13-2/h11H,4-9H2,1-3H3. The second kappa shape index (κ2) is 9.91. The van der Waals surface area contributed by atoms with Gasteiger partial charge in [0.2, 0.25) is 0 Å². The van der Waals surface area contributed by atoms with E-state index >= 15 is 0 Å². The second-order valence-corrected chi connectivity index (χ2v) is 5.71. The summed E-state index contributed by atoms with van der Waals surface area (Å²) in [4.78, 5) is 10.7. The minimum absolute atomic E-state index is 0.329. The van der Waals surface area contributed by atoms with Crippen LogP contribution in [0.2, 0.25) is 0 Å². The largest absolute Gasteiger partial charge is 0.300 e. The van der Waals surface area contributed by atoms with E-state index < -0.39 is 0 Å². The molecule has 14 heavy (non-hydrogen) atoms. The maximum atomic E-state index is 10.7. The molecule has 1 unspecified atom stereocenters. The van der Waals surface area contributed by atoms with Crippen LogP contribution in [-0.4, -0.2) is 29.3 Å². The summed E-state index contributed by atoms with van der Waals surface area (Å²) in [5.41, 5.74) is 0. The maximum absolute atomic E-state index is 10.7. The van der Waals surface area contributed by atoms with Gasteiger partial charge in [0.25, 0.3) is 0 Å². The van der Waals surface area contributed by atoms with Crippen molar-refractivity contribution in [2.45, 2.75) is 44.3 Å². The Labute approximate surface area is 96.8 Å². The highest BCUT2D eigenvalue weighted by molar-refractivity contribution is 7.99. The zero-order valence-corrected chi connectivity index (χ0v) is 11.2. The number of hydrogen-bond donors (Lipinski definition) is 0. The average Bonchev–Trinajstić information content (AvgIpc) is 2.16. The second-order valence-electron chi connectivity index (χ2n) is 3.59. The summed E-state index contributed by atoms with van der Waals surface area (Å²) < 4.78 is 0. The molecule has 0 saturated heterocycles. The summed E-state index contributed by atoms with van der Waals surface area (Å²) in [6.45, 7) is 1.68. The third kappa shape index (κ3) is 8.95. The average molecular weight is 234 g/mol. The van der Waals surface area contributed by atoms with Crippen LogP contribution < -0.4 is 0 Å². The van der Waals surface area contributed by atoms with Crippen molar-refractivity contribution in [3.63, 3.8) is 0 Å². The number of thioether (sulfide) groups is 2. The van der Waals surface area contributed by atoms with Gasteiger partial charge in [0.1, 0.15) is 5.78 Å². The SMILES string of the molecule is CSCCC(CCCCC(C)=O)SC. The van der Waals surface area contributed by atoms with E-state index in [1.165, 1.54) is 25.0 Å². The van der Waals surface area contributed by atoms with E-state index in [9.17, 15) is 4.79 Å².